The van der Waals surface area contributed by atoms with Gasteiger partial charge in [0, 0.05) is 11.1 Å². The molecule has 0 aromatic heterocycles. The number of carbonyl (C=O) groups is 1. The average Bonchev–Trinajstić information content (AvgIpc) is 2.83. The second kappa shape index (κ2) is 11.0. The summed E-state index contributed by atoms with van der Waals surface area (Å²) >= 11 is 6.11. The van der Waals surface area contributed by atoms with E-state index in [0.29, 0.717) is 0 Å². The summed E-state index contributed by atoms with van der Waals surface area (Å²) in [5.41, 5.74) is 3.09. The van der Waals surface area contributed by atoms with E-state index in [2.05, 4.69) is 10.5 Å². The minimum atomic E-state index is -4.22. The molecule has 0 aliphatic rings. The summed E-state index contributed by atoms with van der Waals surface area (Å²) in [7, 11) is -2.86. The van der Waals surface area contributed by atoms with Gasteiger partial charge in [0.05, 0.1) is 34.4 Å². The number of methoxy groups -OCH3 is 1. The number of amides is 1. The molecule has 0 aliphatic carbocycles. The fourth-order valence-electron chi connectivity index (χ4n) is 3.10. The van der Waals surface area contributed by atoms with Gasteiger partial charge in [-0.25, -0.2) is 13.8 Å². The van der Waals surface area contributed by atoms with Crippen molar-refractivity contribution in [2.75, 3.05) is 18.0 Å². The first-order valence-electron chi connectivity index (χ1n) is 10.1. The van der Waals surface area contributed by atoms with Gasteiger partial charge in [0.15, 0.2) is 0 Å². The number of halogens is 1. The molecule has 0 saturated heterocycles. The molecule has 3 aromatic rings. The third kappa shape index (κ3) is 6.14. The van der Waals surface area contributed by atoms with E-state index < -0.39 is 27.4 Å². The fourth-order valence-corrected chi connectivity index (χ4v) is 4.69. The molecule has 35 heavy (non-hydrogen) atoms. The average molecular weight is 517 g/mol. The lowest BCUT2D eigenvalue weighted by atomic mass is 10.2. The Kier molecular flexibility index (Phi) is 8.05. The van der Waals surface area contributed by atoms with Crippen LogP contribution in [0.5, 0.6) is 5.75 Å². The van der Waals surface area contributed by atoms with Crippen LogP contribution < -0.4 is 14.5 Å². The monoisotopic (exact) mass is 516 g/mol. The highest BCUT2D eigenvalue weighted by molar-refractivity contribution is 7.92. The van der Waals surface area contributed by atoms with Crippen molar-refractivity contribution in [1.82, 2.24) is 5.43 Å². The lowest BCUT2D eigenvalue weighted by Crippen LogP contribution is -2.39. The number of ether oxygens (including phenoxy) is 1. The molecule has 182 valence electrons. The molecule has 0 unspecified atom stereocenters. The molecule has 0 aliphatic heterocycles. The fraction of sp³-hybridized carbons (Fsp3) is 0.130. The van der Waals surface area contributed by atoms with Gasteiger partial charge >= 0.3 is 0 Å². The number of hydrogen-bond acceptors (Lipinski definition) is 7. The number of nitrogens with one attached hydrogen (secondary N) is 1. The Morgan fingerprint density at radius 2 is 1.86 bits per heavy atom. The molecule has 0 radical (unpaired) electrons. The van der Waals surface area contributed by atoms with Crippen LogP contribution in [0.1, 0.15) is 11.1 Å². The molecule has 0 bridgehead atoms. The molecule has 3 aromatic carbocycles. The number of nitro groups is 1. The van der Waals surface area contributed by atoms with Gasteiger partial charge in [-0.2, -0.15) is 5.10 Å². The van der Waals surface area contributed by atoms with Crippen LogP contribution in [0.4, 0.5) is 11.4 Å². The summed E-state index contributed by atoms with van der Waals surface area (Å²) < 4.78 is 33.2. The van der Waals surface area contributed by atoms with E-state index in [1.165, 1.54) is 55.6 Å². The number of nitrogens with zero attached hydrogens (tertiary/aromatic N) is 3. The van der Waals surface area contributed by atoms with E-state index in [9.17, 15) is 23.3 Å². The van der Waals surface area contributed by atoms with Gasteiger partial charge in [-0.15, -0.1) is 0 Å². The van der Waals surface area contributed by atoms with E-state index in [1.54, 1.807) is 18.2 Å². The molecule has 0 spiro atoms. The predicted molar refractivity (Wildman–Crippen MR) is 133 cm³/mol. The zero-order valence-corrected chi connectivity index (χ0v) is 20.3. The smallest absolute Gasteiger partial charge is 0.278 e. The summed E-state index contributed by atoms with van der Waals surface area (Å²) in [5.74, 6) is -0.612. The lowest BCUT2D eigenvalue weighted by molar-refractivity contribution is -0.385. The van der Waals surface area contributed by atoms with Crippen LogP contribution in [0.2, 0.25) is 5.02 Å². The second-order valence-electron chi connectivity index (χ2n) is 7.25. The van der Waals surface area contributed by atoms with Gasteiger partial charge in [0.25, 0.3) is 21.6 Å². The summed E-state index contributed by atoms with van der Waals surface area (Å²) in [5, 5.41) is 15.1. The quantitative estimate of drug-likeness (QED) is 0.260. The van der Waals surface area contributed by atoms with Gasteiger partial charge in [0.1, 0.15) is 12.3 Å². The zero-order valence-electron chi connectivity index (χ0n) is 18.7. The van der Waals surface area contributed by atoms with Crippen molar-refractivity contribution < 1.29 is 22.9 Å². The molecule has 1 amide bonds. The molecule has 0 heterocycles. The number of anilines is 1. The van der Waals surface area contributed by atoms with Gasteiger partial charge in [-0.1, -0.05) is 41.4 Å². The van der Waals surface area contributed by atoms with Crippen molar-refractivity contribution in [3.05, 3.63) is 93.0 Å². The second-order valence-corrected chi connectivity index (χ2v) is 9.55. The van der Waals surface area contributed by atoms with E-state index >= 15 is 0 Å². The Bertz CT molecular complexity index is 1380. The lowest BCUT2D eigenvalue weighted by Gasteiger charge is -2.25. The van der Waals surface area contributed by atoms with Crippen LogP contribution in [0.15, 0.2) is 76.7 Å². The Morgan fingerprint density at radius 3 is 2.51 bits per heavy atom. The third-order valence-electron chi connectivity index (χ3n) is 4.83. The molecule has 3 rings (SSSR count). The highest BCUT2D eigenvalue weighted by atomic mass is 35.5. The van der Waals surface area contributed by atoms with Crippen molar-refractivity contribution in [3.63, 3.8) is 0 Å². The number of rotatable bonds is 9. The maximum absolute atomic E-state index is 13.5. The number of aryl methyl sites for hydroxylation is 1. The Morgan fingerprint density at radius 1 is 1.17 bits per heavy atom. The van der Waals surface area contributed by atoms with E-state index in [1.807, 2.05) is 6.92 Å². The van der Waals surface area contributed by atoms with E-state index in [-0.39, 0.29) is 32.6 Å². The molecule has 10 nitrogen and oxygen atoms in total. The van der Waals surface area contributed by atoms with Gasteiger partial charge in [0.2, 0.25) is 0 Å². The number of carbonyl (C=O) groups excluding carboxylic acids is 1. The van der Waals surface area contributed by atoms with Gasteiger partial charge in [-0.3, -0.25) is 19.2 Å². The van der Waals surface area contributed by atoms with Crippen LogP contribution >= 0.6 is 11.6 Å². The topological polar surface area (TPSA) is 131 Å². The van der Waals surface area contributed by atoms with Crippen LogP contribution in [0, 0.1) is 17.0 Å². The number of para-hydroxylation sites is 1. The summed E-state index contributed by atoms with van der Waals surface area (Å²) in [6, 6.07) is 16.3. The van der Waals surface area contributed by atoms with Crippen molar-refractivity contribution in [1.29, 1.82) is 0 Å². The van der Waals surface area contributed by atoms with Crippen LogP contribution in [-0.2, 0) is 14.8 Å². The van der Waals surface area contributed by atoms with Crippen molar-refractivity contribution in [2.24, 2.45) is 5.10 Å². The molecule has 1 N–H and O–H groups in total. The first kappa shape index (κ1) is 25.7. The van der Waals surface area contributed by atoms with Gasteiger partial charge in [-0.05, 0) is 43.3 Å². The van der Waals surface area contributed by atoms with Crippen LogP contribution in [0.3, 0.4) is 0 Å². The minimum absolute atomic E-state index is 0.0404. The SMILES string of the molecule is COc1ccc(Cl)cc1N(CC(=O)N/N=C\c1ccccc1[N+](=O)[O-])S(=O)(=O)c1ccc(C)cc1. The Balaban J connectivity index is 1.93. The standard InChI is InChI=1S/C23H21ClN4O6S/c1-16-7-10-19(11-8-16)35(32,33)27(21-13-18(24)9-12-22(21)34-2)15-23(29)26-25-14-17-5-3-4-6-20(17)28(30)31/h3-14H,15H2,1-2H3,(H,26,29)/b25-14-. The Labute approximate surface area is 207 Å². The number of sulfonamides is 1. The maximum atomic E-state index is 13.5. The number of hydrazone groups is 1. The highest BCUT2D eigenvalue weighted by Crippen LogP contribution is 2.34. The molecular weight excluding hydrogens is 496 g/mol. The first-order valence-corrected chi connectivity index (χ1v) is 11.9. The molecule has 0 saturated carbocycles. The van der Waals surface area contributed by atoms with Crippen molar-refractivity contribution in [2.45, 2.75) is 11.8 Å². The molecule has 0 fully saturated rings. The summed E-state index contributed by atoms with van der Waals surface area (Å²) in [6.45, 7) is 1.15. The summed E-state index contributed by atoms with van der Waals surface area (Å²) in [4.78, 5) is 23.2. The first-order chi connectivity index (χ1) is 16.6. The largest absolute Gasteiger partial charge is 0.495 e. The number of nitro benzene ring substituents is 1. The summed E-state index contributed by atoms with van der Waals surface area (Å²) in [6.07, 6.45) is 1.11. The molecule has 12 heteroatoms. The Hall–Kier alpha value is -3.96. The van der Waals surface area contributed by atoms with Crippen molar-refractivity contribution >= 4 is 45.1 Å². The predicted octanol–water partition coefficient (Wildman–Crippen LogP) is 3.91. The normalized spacial score (nSPS) is 11.3. The molecular formula is C23H21ClN4O6S. The van der Waals surface area contributed by atoms with Gasteiger partial charge < -0.3 is 4.74 Å². The van der Waals surface area contributed by atoms with E-state index in [4.69, 9.17) is 16.3 Å². The zero-order chi connectivity index (χ0) is 25.6. The van der Waals surface area contributed by atoms with Crippen molar-refractivity contribution in [3.8, 4) is 5.75 Å². The van der Waals surface area contributed by atoms with Crippen LogP contribution in [-0.4, -0.2) is 39.1 Å². The number of hydrogen-bond donors (Lipinski definition) is 1. The third-order valence-corrected chi connectivity index (χ3v) is 6.84. The number of benzene rings is 3. The molecule has 0 atom stereocenters. The van der Waals surface area contributed by atoms with E-state index in [0.717, 1.165) is 16.1 Å². The highest BCUT2D eigenvalue weighted by Gasteiger charge is 2.29. The minimum Gasteiger partial charge on any atom is -0.495 e. The van der Waals surface area contributed by atoms with Crippen LogP contribution in [0.25, 0.3) is 0 Å². The maximum Gasteiger partial charge on any atom is 0.278 e.